The van der Waals surface area contributed by atoms with Gasteiger partial charge in [-0.25, -0.2) is 28.8 Å². The van der Waals surface area contributed by atoms with E-state index in [1.807, 2.05) is 20.8 Å². The second kappa shape index (κ2) is 26.3. The van der Waals surface area contributed by atoms with E-state index in [2.05, 4.69) is 46.1 Å². The number of hydrogen-bond acceptors (Lipinski definition) is 12. The van der Waals surface area contributed by atoms with E-state index in [1.165, 1.54) is 6.08 Å². The Hall–Kier alpha value is -5.52. The van der Waals surface area contributed by atoms with Crippen molar-refractivity contribution in [3.63, 3.8) is 0 Å². The van der Waals surface area contributed by atoms with E-state index in [4.69, 9.17) is 28.4 Å². The second-order valence-electron chi connectivity index (χ2n) is 13.0. The van der Waals surface area contributed by atoms with Gasteiger partial charge in [0.2, 0.25) is 0 Å². The van der Waals surface area contributed by atoms with Gasteiger partial charge in [-0.1, -0.05) is 63.8 Å². The first-order valence-electron chi connectivity index (χ1n) is 16.3. The summed E-state index contributed by atoms with van der Waals surface area (Å²) in [5.74, 6) is -2.92. The zero-order valence-electron chi connectivity index (χ0n) is 32.7. The van der Waals surface area contributed by atoms with Crippen molar-refractivity contribution in [2.45, 2.75) is 97.1 Å². The van der Waals surface area contributed by atoms with Crippen LogP contribution < -0.4 is 0 Å². The summed E-state index contributed by atoms with van der Waals surface area (Å²) in [7, 11) is 0. The van der Waals surface area contributed by atoms with Gasteiger partial charge in [0.05, 0.1) is 0 Å². The van der Waals surface area contributed by atoms with E-state index < -0.39 is 58.2 Å². The molecule has 0 aromatic carbocycles. The third-order valence-electron chi connectivity index (χ3n) is 6.13. The Morgan fingerprint density at radius 1 is 0.491 bits per heavy atom. The van der Waals surface area contributed by atoms with Gasteiger partial charge < -0.3 is 28.4 Å². The van der Waals surface area contributed by atoms with Crippen LogP contribution in [0.4, 0.5) is 0 Å². The monoisotopic (exact) mass is 742 g/mol. The van der Waals surface area contributed by atoms with E-state index in [1.54, 1.807) is 52.8 Å². The van der Waals surface area contributed by atoms with Gasteiger partial charge in [0.1, 0.15) is 35.6 Å². The van der Waals surface area contributed by atoms with Crippen LogP contribution in [0.5, 0.6) is 0 Å². The molecule has 0 aromatic heterocycles. The number of carbonyl (C=O) groups excluding carboxylic acids is 6. The maximum Gasteiger partial charge on any atom is 0.331 e. The molecule has 0 aliphatic heterocycles. The average molecular weight is 743 g/mol. The molecule has 53 heavy (non-hydrogen) atoms. The molecule has 0 aromatic rings. The molecular formula is C41H58O12. The van der Waals surface area contributed by atoms with Crippen LogP contribution in [-0.2, 0) is 57.2 Å². The Morgan fingerprint density at radius 3 is 1.28 bits per heavy atom. The average Bonchev–Trinajstić information content (AvgIpc) is 3.06. The van der Waals surface area contributed by atoms with Gasteiger partial charge in [0.25, 0.3) is 0 Å². The summed E-state index contributed by atoms with van der Waals surface area (Å²) < 4.78 is 30.2. The van der Waals surface area contributed by atoms with E-state index >= 15 is 0 Å². The molecule has 1 unspecified atom stereocenters. The highest BCUT2D eigenvalue weighted by Crippen LogP contribution is 2.28. The number of hydrogen-bond donors (Lipinski definition) is 0. The van der Waals surface area contributed by atoms with Gasteiger partial charge >= 0.3 is 35.8 Å². The van der Waals surface area contributed by atoms with E-state index in [-0.39, 0.29) is 19.6 Å². The fourth-order valence-electron chi connectivity index (χ4n) is 4.02. The van der Waals surface area contributed by atoms with Crippen molar-refractivity contribution < 1.29 is 57.2 Å². The number of esters is 6. The standard InChI is InChI=1S/2C14H20O4.C13H18O4/c1-7-11(15)17-13(4,5)10-14(6,9-3)18-12(16)8-2;1-6-12(15)17-9-8-11(3)10-14(4,5)18-13(16)7-2;1-5-11(14)16-10-8-7-9-13(3,4)17-12(15)6-2/h7-9H,1-3,10H2,4-6H3;6-8H,1-2,9-10H2,3-5H3;5-8H,1-2,9-10H2,3-4H3. The molecule has 294 valence electrons. The van der Waals surface area contributed by atoms with E-state index in [9.17, 15) is 28.8 Å². The second-order valence-corrected chi connectivity index (χ2v) is 13.0. The minimum atomic E-state index is -0.934. The summed E-state index contributed by atoms with van der Waals surface area (Å²) in [6.07, 6.45) is 14.7. The summed E-state index contributed by atoms with van der Waals surface area (Å²) in [4.78, 5) is 66.1. The van der Waals surface area contributed by atoms with Gasteiger partial charge in [-0.15, -0.1) is 0 Å². The fraction of sp³-hybridized carbons (Fsp3) is 0.415. The summed E-state index contributed by atoms with van der Waals surface area (Å²) in [6.45, 7) is 38.1. The lowest BCUT2D eigenvalue weighted by molar-refractivity contribution is -0.161. The largest absolute Gasteiger partial charge is 0.458 e. The predicted molar refractivity (Wildman–Crippen MR) is 205 cm³/mol. The smallest absolute Gasteiger partial charge is 0.331 e. The molecule has 0 fully saturated rings. The van der Waals surface area contributed by atoms with Gasteiger partial charge in [0, 0.05) is 55.7 Å². The van der Waals surface area contributed by atoms with Crippen LogP contribution in [0.15, 0.2) is 112 Å². The Bertz CT molecular complexity index is 1390. The zero-order valence-corrected chi connectivity index (χ0v) is 32.7. The molecule has 0 saturated heterocycles. The van der Waals surface area contributed by atoms with Crippen LogP contribution in [0.25, 0.3) is 0 Å². The van der Waals surface area contributed by atoms with E-state index in [0.29, 0.717) is 12.8 Å². The Morgan fingerprint density at radius 2 is 0.868 bits per heavy atom. The van der Waals surface area contributed by atoms with Crippen LogP contribution in [0.1, 0.15) is 74.7 Å². The minimum Gasteiger partial charge on any atom is -0.458 e. The van der Waals surface area contributed by atoms with Gasteiger partial charge in [-0.3, -0.25) is 0 Å². The zero-order chi connectivity index (χ0) is 41.9. The van der Waals surface area contributed by atoms with Crippen LogP contribution in [0.2, 0.25) is 0 Å². The maximum absolute atomic E-state index is 11.2. The van der Waals surface area contributed by atoms with Crippen molar-refractivity contribution in [2.75, 3.05) is 13.2 Å². The number of carbonyl (C=O) groups is 6. The van der Waals surface area contributed by atoms with Gasteiger partial charge in [0.15, 0.2) is 0 Å². The van der Waals surface area contributed by atoms with Gasteiger partial charge in [-0.2, -0.15) is 0 Å². The molecule has 0 N–H and O–H groups in total. The van der Waals surface area contributed by atoms with Crippen molar-refractivity contribution in [1.29, 1.82) is 0 Å². The summed E-state index contributed by atoms with van der Waals surface area (Å²) in [5, 5.41) is 0. The lowest BCUT2D eigenvalue weighted by Crippen LogP contribution is -2.40. The number of rotatable bonds is 21. The number of ether oxygens (including phenoxy) is 6. The highest BCUT2D eigenvalue weighted by molar-refractivity contribution is 5.83. The van der Waals surface area contributed by atoms with Crippen LogP contribution in [0.3, 0.4) is 0 Å². The van der Waals surface area contributed by atoms with Crippen molar-refractivity contribution in [3.8, 4) is 0 Å². The van der Waals surface area contributed by atoms with E-state index in [0.717, 1.165) is 42.0 Å². The lowest BCUT2D eigenvalue weighted by atomic mass is 9.90. The third kappa shape index (κ3) is 29.9. The molecular weight excluding hydrogens is 684 g/mol. The molecule has 12 nitrogen and oxygen atoms in total. The molecule has 0 spiro atoms. The molecule has 0 rings (SSSR count). The third-order valence-corrected chi connectivity index (χ3v) is 6.13. The van der Waals surface area contributed by atoms with Gasteiger partial charge in [-0.05, 0) is 67.5 Å². The summed E-state index contributed by atoms with van der Waals surface area (Å²) in [5.41, 5.74) is -2.00. The van der Waals surface area contributed by atoms with Crippen LogP contribution >= 0.6 is 0 Å². The highest BCUT2D eigenvalue weighted by Gasteiger charge is 2.35. The van der Waals surface area contributed by atoms with Crippen LogP contribution in [0, 0.1) is 0 Å². The lowest BCUT2D eigenvalue weighted by Gasteiger charge is -2.34. The molecule has 0 saturated carbocycles. The topological polar surface area (TPSA) is 158 Å². The summed E-state index contributed by atoms with van der Waals surface area (Å²) >= 11 is 0. The molecule has 1 atom stereocenters. The first kappa shape index (κ1) is 51.8. The molecule has 0 heterocycles. The van der Waals surface area contributed by atoms with Crippen molar-refractivity contribution >= 4 is 35.8 Å². The SMILES string of the molecule is C=CC(=O)OC(C)(C)CC(C)(C=C)OC(=O)C=C.C=CC(=O)OCC=C(C)CC(C)(C)OC(=O)C=C.C=CC(=O)OCC=CCC(C)(C)OC(=O)C=C. The summed E-state index contributed by atoms with van der Waals surface area (Å²) in [6, 6.07) is 0. The Balaban J connectivity index is -0.000000708. The molecule has 0 bridgehead atoms. The fourth-order valence-corrected chi connectivity index (χ4v) is 4.02. The van der Waals surface area contributed by atoms with Crippen molar-refractivity contribution in [3.05, 3.63) is 112 Å². The molecule has 0 aliphatic rings. The first-order valence-corrected chi connectivity index (χ1v) is 16.3. The molecule has 12 heteroatoms. The minimum absolute atomic E-state index is 0.177. The predicted octanol–water partition coefficient (Wildman–Crippen LogP) is 7.29. The normalized spacial score (nSPS) is 12.2. The molecule has 0 radical (unpaired) electrons. The Labute approximate surface area is 315 Å². The quantitative estimate of drug-likeness (QED) is 0.0501. The maximum atomic E-state index is 11.2. The molecule has 0 amide bonds. The van der Waals surface area contributed by atoms with Crippen molar-refractivity contribution in [2.24, 2.45) is 0 Å². The first-order chi connectivity index (χ1) is 24.4. The molecule has 0 aliphatic carbocycles. The van der Waals surface area contributed by atoms with Crippen molar-refractivity contribution in [1.82, 2.24) is 0 Å². The highest BCUT2D eigenvalue weighted by atomic mass is 16.6. The van der Waals surface area contributed by atoms with Crippen LogP contribution in [-0.4, -0.2) is 71.4 Å². The Kier molecular flexibility index (Phi) is 25.7.